The van der Waals surface area contributed by atoms with Crippen LogP contribution in [-0.2, 0) is 4.79 Å². The van der Waals surface area contributed by atoms with Gasteiger partial charge < -0.3 is 15.6 Å². The Morgan fingerprint density at radius 3 is 2.41 bits per heavy atom. The largest absolute Gasteiger partial charge is 0.476 e. The van der Waals surface area contributed by atoms with Crippen LogP contribution < -0.4 is 21.7 Å². The summed E-state index contributed by atoms with van der Waals surface area (Å²) in [5.74, 6) is 6.33. The Morgan fingerprint density at radius 1 is 1.41 bits per heavy atom. The van der Waals surface area contributed by atoms with E-state index in [2.05, 4.69) is 11.3 Å². The fraction of sp³-hybridized carbons (Fsp3) is 0. The molecule has 0 radical (unpaired) electrons. The summed E-state index contributed by atoms with van der Waals surface area (Å²) in [6.07, 6.45) is 5.19. The summed E-state index contributed by atoms with van der Waals surface area (Å²) in [7, 11) is 0. The third-order valence-electron chi connectivity index (χ3n) is 1.85. The Balaban J connectivity index is 2.92. The number of hydrazine groups is 1. The molecule has 0 spiro atoms. The smallest absolute Gasteiger partial charge is 0.357 e. The molecule has 1 aromatic carbocycles. The van der Waals surface area contributed by atoms with Crippen LogP contribution in [0.4, 0.5) is 0 Å². The van der Waals surface area contributed by atoms with Crippen molar-refractivity contribution in [1.29, 1.82) is 0 Å². The monoisotopic (exact) mass is 233 g/mol. The molecule has 0 unspecified atom stereocenters. The Bertz CT molecular complexity index is 486. The molecule has 1 aromatic rings. The van der Waals surface area contributed by atoms with E-state index in [9.17, 15) is 4.79 Å². The lowest BCUT2D eigenvalue weighted by molar-refractivity contribution is -0.132. The summed E-state index contributed by atoms with van der Waals surface area (Å²) in [5, 5.41) is 8.66. The van der Waals surface area contributed by atoms with Gasteiger partial charge in [-0.2, -0.15) is 0 Å². The van der Waals surface area contributed by atoms with Crippen LogP contribution in [0.3, 0.4) is 0 Å². The third-order valence-corrected chi connectivity index (χ3v) is 1.85. The van der Waals surface area contributed by atoms with Crippen molar-refractivity contribution in [2.75, 3.05) is 0 Å². The Hall–Kier alpha value is -2.65. The van der Waals surface area contributed by atoms with E-state index < -0.39 is 11.7 Å². The predicted molar refractivity (Wildman–Crippen MR) is 61.2 cm³/mol. The van der Waals surface area contributed by atoms with Crippen molar-refractivity contribution in [2.24, 2.45) is 11.6 Å². The second kappa shape index (κ2) is 5.44. The number of terminal acetylenes is 1. The molecule has 1 rings (SSSR count). The first kappa shape index (κ1) is 12.4. The fourth-order valence-corrected chi connectivity index (χ4v) is 0.996. The summed E-state index contributed by atoms with van der Waals surface area (Å²) in [6, 6.07) is 6.42. The summed E-state index contributed by atoms with van der Waals surface area (Å²) in [6.45, 7) is 0. The lowest BCUT2D eigenvalue weighted by Gasteiger charge is -2.10. The number of rotatable bonds is 4. The molecule has 0 amide bonds. The number of ether oxygens (including phenoxy) is 1. The van der Waals surface area contributed by atoms with Crippen LogP contribution in [0, 0.1) is 12.3 Å². The zero-order valence-corrected chi connectivity index (χ0v) is 8.81. The van der Waals surface area contributed by atoms with Gasteiger partial charge in [0.15, 0.2) is 5.70 Å². The Morgan fingerprint density at radius 2 is 2.00 bits per heavy atom. The molecule has 88 valence electrons. The molecule has 6 nitrogen and oxygen atoms in total. The molecule has 17 heavy (non-hydrogen) atoms. The van der Waals surface area contributed by atoms with Crippen molar-refractivity contribution in [1.82, 2.24) is 5.43 Å². The van der Waals surface area contributed by atoms with Gasteiger partial charge in [0.25, 0.3) is 0 Å². The average Bonchev–Trinajstić information content (AvgIpc) is 2.35. The van der Waals surface area contributed by atoms with Crippen molar-refractivity contribution < 1.29 is 14.6 Å². The van der Waals surface area contributed by atoms with Gasteiger partial charge in [0.05, 0.1) is 0 Å². The van der Waals surface area contributed by atoms with Crippen molar-refractivity contribution in [3.05, 3.63) is 41.4 Å². The van der Waals surface area contributed by atoms with Crippen molar-refractivity contribution in [3.63, 3.8) is 0 Å². The fourth-order valence-electron chi connectivity index (χ4n) is 0.996. The second-order valence-corrected chi connectivity index (χ2v) is 2.96. The van der Waals surface area contributed by atoms with Gasteiger partial charge >= 0.3 is 5.97 Å². The van der Waals surface area contributed by atoms with E-state index >= 15 is 0 Å². The number of nitrogens with two attached hydrogens (primary N) is 2. The number of benzene rings is 1. The van der Waals surface area contributed by atoms with Crippen LogP contribution in [0.15, 0.2) is 35.8 Å². The number of aliphatic carboxylic acids is 1. The highest BCUT2D eigenvalue weighted by Crippen LogP contribution is 2.14. The first-order chi connectivity index (χ1) is 8.08. The first-order valence-corrected chi connectivity index (χ1v) is 4.52. The molecular formula is C11H11N3O3. The topological polar surface area (TPSA) is 111 Å². The number of nitrogens with one attached hydrogen (secondary N) is 1. The normalized spacial score (nSPS) is 11.1. The van der Waals surface area contributed by atoms with Crippen LogP contribution in [0.1, 0.15) is 5.56 Å². The second-order valence-electron chi connectivity index (χ2n) is 2.96. The van der Waals surface area contributed by atoms with Crippen LogP contribution in [0.5, 0.6) is 5.75 Å². The highest BCUT2D eigenvalue weighted by Gasteiger charge is 2.11. The minimum absolute atomic E-state index is 0.244. The standard InChI is InChI=1S/C11H11N3O3/c1-2-7-3-5-8(6-4-7)17-10(14-13)9(12)11(15)16/h1,3-6,14H,12-13H2,(H,15,16)/b10-9+. The summed E-state index contributed by atoms with van der Waals surface area (Å²) >= 11 is 0. The maximum atomic E-state index is 10.6. The van der Waals surface area contributed by atoms with E-state index in [0.717, 1.165) is 0 Å². The molecule has 0 aliphatic carbocycles. The summed E-state index contributed by atoms with van der Waals surface area (Å²) in [5.41, 5.74) is 7.48. The zero-order valence-electron chi connectivity index (χ0n) is 8.81. The summed E-state index contributed by atoms with van der Waals surface area (Å²) in [4.78, 5) is 10.6. The van der Waals surface area contributed by atoms with E-state index in [1.807, 2.05) is 0 Å². The maximum absolute atomic E-state index is 10.6. The number of carbonyl (C=O) groups is 1. The number of carboxylic acid groups (broad SMARTS) is 1. The minimum Gasteiger partial charge on any atom is -0.476 e. The van der Waals surface area contributed by atoms with E-state index in [-0.39, 0.29) is 5.88 Å². The third kappa shape index (κ3) is 3.15. The van der Waals surface area contributed by atoms with E-state index in [1.165, 1.54) is 0 Å². The molecule has 0 saturated carbocycles. The minimum atomic E-state index is -1.34. The predicted octanol–water partition coefficient (Wildman–Crippen LogP) is -0.278. The van der Waals surface area contributed by atoms with Gasteiger partial charge in [0.1, 0.15) is 5.75 Å². The molecule has 0 aromatic heterocycles. The van der Waals surface area contributed by atoms with Gasteiger partial charge in [-0.25, -0.2) is 10.6 Å². The molecule has 0 saturated heterocycles. The van der Waals surface area contributed by atoms with Crippen LogP contribution in [-0.4, -0.2) is 11.1 Å². The zero-order chi connectivity index (χ0) is 12.8. The molecule has 0 aliphatic rings. The molecule has 0 atom stereocenters. The van der Waals surface area contributed by atoms with Gasteiger partial charge in [0, 0.05) is 5.56 Å². The lowest BCUT2D eigenvalue weighted by Crippen LogP contribution is -2.31. The van der Waals surface area contributed by atoms with Gasteiger partial charge in [-0.05, 0) is 24.3 Å². The molecule has 6 N–H and O–H groups in total. The summed E-state index contributed by atoms with van der Waals surface area (Å²) < 4.78 is 5.16. The Labute approximate surface area is 97.8 Å². The van der Waals surface area contributed by atoms with Gasteiger partial charge in [-0.15, -0.1) is 6.42 Å². The lowest BCUT2D eigenvalue weighted by atomic mass is 10.2. The van der Waals surface area contributed by atoms with Crippen LogP contribution >= 0.6 is 0 Å². The highest BCUT2D eigenvalue weighted by molar-refractivity contribution is 5.85. The molecule has 6 heteroatoms. The van der Waals surface area contributed by atoms with Crippen LogP contribution in [0.2, 0.25) is 0 Å². The number of hydrogen-bond acceptors (Lipinski definition) is 5. The number of carboxylic acids is 1. The first-order valence-electron chi connectivity index (χ1n) is 4.52. The quantitative estimate of drug-likeness (QED) is 0.187. The van der Waals surface area contributed by atoms with E-state index in [4.69, 9.17) is 27.8 Å². The molecule has 0 heterocycles. The van der Waals surface area contributed by atoms with Gasteiger partial charge in [0.2, 0.25) is 5.88 Å². The van der Waals surface area contributed by atoms with Gasteiger partial charge in [-0.1, -0.05) is 5.92 Å². The molecule has 0 aliphatic heterocycles. The Kier molecular flexibility index (Phi) is 3.97. The highest BCUT2D eigenvalue weighted by atomic mass is 16.5. The van der Waals surface area contributed by atoms with E-state index in [0.29, 0.717) is 11.3 Å². The van der Waals surface area contributed by atoms with Crippen molar-refractivity contribution >= 4 is 5.97 Å². The van der Waals surface area contributed by atoms with Crippen molar-refractivity contribution in [3.8, 4) is 18.1 Å². The molecule has 0 bridgehead atoms. The van der Waals surface area contributed by atoms with E-state index in [1.54, 1.807) is 24.3 Å². The average molecular weight is 233 g/mol. The van der Waals surface area contributed by atoms with Gasteiger partial charge in [-0.3, -0.25) is 5.43 Å². The van der Waals surface area contributed by atoms with Crippen LogP contribution in [0.25, 0.3) is 0 Å². The molecular weight excluding hydrogens is 222 g/mol. The SMILES string of the molecule is C#Cc1ccc(O/C(NN)=C(/N)C(=O)O)cc1. The van der Waals surface area contributed by atoms with Crippen molar-refractivity contribution in [2.45, 2.75) is 0 Å². The molecule has 0 fully saturated rings. The number of hydrogen-bond donors (Lipinski definition) is 4. The maximum Gasteiger partial charge on any atom is 0.357 e.